The first-order valence-corrected chi connectivity index (χ1v) is 9.62. The summed E-state index contributed by atoms with van der Waals surface area (Å²) in [5.41, 5.74) is 2.77. The molecule has 9 heteroatoms. The maximum atomic E-state index is 5.37. The van der Waals surface area contributed by atoms with Crippen LogP contribution in [0.1, 0.15) is 26.5 Å². The Balaban J connectivity index is 1.81. The summed E-state index contributed by atoms with van der Waals surface area (Å²) in [6.07, 6.45) is 0. The molecule has 28 heavy (non-hydrogen) atoms. The van der Waals surface area contributed by atoms with Crippen molar-refractivity contribution in [3.05, 3.63) is 30.0 Å². The summed E-state index contributed by atoms with van der Waals surface area (Å²) in [5.74, 6) is 2.00. The fourth-order valence-electron chi connectivity index (χ4n) is 2.87. The molecule has 0 atom stereocenters. The van der Waals surface area contributed by atoms with Gasteiger partial charge in [-0.2, -0.15) is 14.7 Å². The zero-order valence-corrected chi connectivity index (χ0v) is 17.5. The predicted molar refractivity (Wildman–Crippen MR) is 108 cm³/mol. The molecule has 0 bridgehead atoms. The molecule has 0 saturated heterocycles. The van der Waals surface area contributed by atoms with Crippen LogP contribution in [0.15, 0.2) is 24.3 Å². The number of benzene rings is 1. The van der Waals surface area contributed by atoms with E-state index in [2.05, 4.69) is 42.1 Å². The highest BCUT2D eigenvalue weighted by Crippen LogP contribution is 2.33. The summed E-state index contributed by atoms with van der Waals surface area (Å²) >= 11 is 1.48. The average Bonchev–Trinajstić information content (AvgIpc) is 3.33. The first kappa shape index (κ1) is 18.4. The summed E-state index contributed by atoms with van der Waals surface area (Å²) in [7, 11) is 5.17. The van der Waals surface area contributed by atoms with E-state index in [0.29, 0.717) is 22.3 Å². The summed E-state index contributed by atoms with van der Waals surface area (Å²) in [5, 5.41) is 18.8. The van der Waals surface area contributed by atoms with Crippen LogP contribution < -0.4 is 9.47 Å². The van der Waals surface area contributed by atoms with E-state index in [1.807, 2.05) is 29.9 Å². The van der Waals surface area contributed by atoms with Gasteiger partial charge in [-0.25, -0.2) is 0 Å². The van der Waals surface area contributed by atoms with Crippen LogP contribution in [-0.2, 0) is 12.5 Å². The minimum atomic E-state index is -0.0305. The minimum Gasteiger partial charge on any atom is -0.497 e. The van der Waals surface area contributed by atoms with Gasteiger partial charge in [0, 0.05) is 24.1 Å². The second-order valence-electron chi connectivity index (χ2n) is 7.51. The van der Waals surface area contributed by atoms with E-state index in [9.17, 15) is 0 Å². The van der Waals surface area contributed by atoms with Crippen LogP contribution in [-0.4, -0.2) is 43.8 Å². The Morgan fingerprint density at radius 2 is 1.61 bits per heavy atom. The summed E-state index contributed by atoms with van der Waals surface area (Å²) < 4.78 is 14.3. The van der Waals surface area contributed by atoms with Crippen molar-refractivity contribution in [3.8, 4) is 33.6 Å². The van der Waals surface area contributed by atoms with Gasteiger partial charge in [-0.15, -0.1) is 10.2 Å². The van der Waals surface area contributed by atoms with Crippen molar-refractivity contribution in [2.24, 2.45) is 7.05 Å². The lowest BCUT2D eigenvalue weighted by molar-refractivity contribution is 0.394. The van der Waals surface area contributed by atoms with Gasteiger partial charge < -0.3 is 9.47 Å². The molecule has 0 aliphatic carbocycles. The van der Waals surface area contributed by atoms with Crippen molar-refractivity contribution in [2.45, 2.75) is 26.2 Å². The molecule has 0 spiro atoms. The largest absolute Gasteiger partial charge is 0.497 e. The second-order valence-corrected chi connectivity index (χ2v) is 8.47. The van der Waals surface area contributed by atoms with Crippen LogP contribution in [0.4, 0.5) is 0 Å². The van der Waals surface area contributed by atoms with Gasteiger partial charge in [0.2, 0.25) is 4.96 Å². The third-order valence-corrected chi connectivity index (χ3v) is 5.39. The second kappa shape index (κ2) is 6.59. The van der Waals surface area contributed by atoms with Crippen LogP contribution in [0.25, 0.3) is 27.1 Å². The third kappa shape index (κ3) is 3.11. The van der Waals surface area contributed by atoms with E-state index < -0.39 is 0 Å². The fourth-order valence-corrected chi connectivity index (χ4v) is 3.76. The van der Waals surface area contributed by atoms with Crippen LogP contribution in [0.3, 0.4) is 0 Å². The molecule has 0 aliphatic heterocycles. The smallest absolute Gasteiger partial charge is 0.235 e. The van der Waals surface area contributed by atoms with Gasteiger partial charge in [0.1, 0.15) is 11.5 Å². The molecule has 4 rings (SSSR count). The van der Waals surface area contributed by atoms with Crippen molar-refractivity contribution in [1.29, 1.82) is 0 Å². The Labute approximate surface area is 166 Å². The maximum Gasteiger partial charge on any atom is 0.235 e. The normalized spacial score (nSPS) is 11.9. The number of ether oxygens (including phenoxy) is 2. The van der Waals surface area contributed by atoms with Crippen molar-refractivity contribution in [2.75, 3.05) is 14.2 Å². The minimum absolute atomic E-state index is 0.0305. The molecule has 3 heterocycles. The molecule has 3 aromatic heterocycles. The third-order valence-electron chi connectivity index (χ3n) is 4.47. The zero-order chi connectivity index (χ0) is 20.1. The lowest BCUT2D eigenvalue weighted by Crippen LogP contribution is -2.12. The number of nitrogens with zero attached hydrogens (tertiary/aromatic N) is 6. The molecular weight excluding hydrogens is 376 g/mol. The number of aryl methyl sites for hydroxylation is 1. The molecule has 0 radical (unpaired) electrons. The Morgan fingerprint density at radius 3 is 2.18 bits per heavy atom. The van der Waals surface area contributed by atoms with Crippen molar-refractivity contribution in [1.82, 2.24) is 29.6 Å². The van der Waals surface area contributed by atoms with E-state index in [0.717, 1.165) is 22.0 Å². The Kier molecular flexibility index (Phi) is 4.34. The molecule has 0 aliphatic rings. The highest BCUT2D eigenvalue weighted by Gasteiger charge is 2.22. The Morgan fingerprint density at radius 1 is 0.929 bits per heavy atom. The van der Waals surface area contributed by atoms with Crippen LogP contribution in [0.5, 0.6) is 11.5 Å². The molecule has 4 aromatic rings. The number of rotatable bonds is 4. The molecule has 1 aromatic carbocycles. The standard InChI is InChI=1S/C19H22N6O2S/c1-19(2,3)15-10-14(24(4)22-15)17-23-25-16(20-21-18(25)28-17)11-7-12(26-5)9-13(8-11)27-6/h7-10H,1-6H3. The van der Waals surface area contributed by atoms with Gasteiger partial charge in [-0.1, -0.05) is 32.1 Å². The summed E-state index contributed by atoms with van der Waals surface area (Å²) in [4.78, 5) is 0.713. The van der Waals surface area contributed by atoms with Crippen molar-refractivity contribution in [3.63, 3.8) is 0 Å². The van der Waals surface area contributed by atoms with Crippen LogP contribution in [0, 0.1) is 0 Å². The van der Waals surface area contributed by atoms with Gasteiger partial charge in [0.25, 0.3) is 0 Å². The van der Waals surface area contributed by atoms with Gasteiger partial charge in [-0.05, 0) is 18.2 Å². The fraction of sp³-hybridized carbons (Fsp3) is 0.368. The summed E-state index contributed by atoms with van der Waals surface area (Å²) in [6, 6.07) is 7.68. The quantitative estimate of drug-likeness (QED) is 0.523. The van der Waals surface area contributed by atoms with Crippen molar-refractivity contribution < 1.29 is 9.47 Å². The predicted octanol–water partition coefficient (Wildman–Crippen LogP) is 3.57. The molecule has 0 amide bonds. The van der Waals surface area contributed by atoms with Crippen LogP contribution in [0.2, 0.25) is 0 Å². The first-order valence-electron chi connectivity index (χ1n) is 8.80. The van der Waals surface area contributed by atoms with Gasteiger partial charge >= 0.3 is 0 Å². The number of fused-ring (bicyclic) bond motifs is 1. The molecule has 0 unspecified atom stereocenters. The van der Waals surface area contributed by atoms with Gasteiger partial charge in [-0.3, -0.25) is 4.68 Å². The number of methoxy groups -OCH3 is 2. The lowest BCUT2D eigenvalue weighted by Gasteiger charge is -2.13. The molecule has 0 N–H and O–H groups in total. The Bertz CT molecular complexity index is 1130. The van der Waals surface area contributed by atoms with Gasteiger partial charge in [0.05, 0.1) is 25.6 Å². The SMILES string of the molecule is COc1cc(OC)cc(-c2nnc3sc(-c4cc(C(C)(C)C)nn4C)nn23)c1. The average molecular weight is 398 g/mol. The van der Waals surface area contributed by atoms with E-state index in [1.54, 1.807) is 18.7 Å². The first-order chi connectivity index (χ1) is 13.3. The van der Waals surface area contributed by atoms with Crippen molar-refractivity contribution >= 4 is 16.3 Å². The lowest BCUT2D eigenvalue weighted by atomic mass is 9.92. The van der Waals surface area contributed by atoms with Crippen LogP contribution >= 0.6 is 11.3 Å². The van der Waals surface area contributed by atoms with E-state index in [-0.39, 0.29) is 5.41 Å². The molecule has 8 nitrogen and oxygen atoms in total. The highest BCUT2D eigenvalue weighted by molar-refractivity contribution is 7.19. The van der Waals surface area contributed by atoms with E-state index in [4.69, 9.17) is 14.6 Å². The summed E-state index contributed by atoms with van der Waals surface area (Å²) in [6.45, 7) is 6.43. The number of hydrogen-bond donors (Lipinski definition) is 0. The molecule has 0 fully saturated rings. The van der Waals surface area contributed by atoms with E-state index in [1.165, 1.54) is 11.3 Å². The number of hydrogen-bond acceptors (Lipinski definition) is 7. The highest BCUT2D eigenvalue weighted by atomic mass is 32.1. The molecule has 0 saturated carbocycles. The topological polar surface area (TPSA) is 79.4 Å². The Hall–Kier alpha value is -2.94. The van der Waals surface area contributed by atoms with E-state index >= 15 is 0 Å². The molecule has 146 valence electrons. The maximum absolute atomic E-state index is 5.37. The monoisotopic (exact) mass is 398 g/mol. The van der Waals surface area contributed by atoms with Gasteiger partial charge in [0.15, 0.2) is 10.8 Å². The molecular formula is C19H22N6O2S. The zero-order valence-electron chi connectivity index (χ0n) is 16.7. The number of aromatic nitrogens is 6.